The fourth-order valence-corrected chi connectivity index (χ4v) is 5.35. The monoisotopic (exact) mass is 432 g/mol. The fourth-order valence-electron chi connectivity index (χ4n) is 3.66. The number of hydrogen-bond donors (Lipinski definition) is 1. The number of amides is 1. The molecule has 1 N–H and O–H groups in total. The van der Waals surface area contributed by atoms with Gasteiger partial charge in [-0.25, -0.2) is 8.42 Å². The van der Waals surface area contributed by atoms with Gasteiger partial charge in [0.15, 0.2) is 0 Å². The van der Waals surface area contributed by atoms with Crippen LogP contribution in [0.15, 0.2) is 53.4 Å². The van der Waals surface area contributed by atoms with Crippen LogP contribution in [-0.2, 0) is 14.8 Å². The first-order valence-corrected chi connectivity index (χ1v) is 11.4. The summed E-state index contributed by atoms with van der Waals surface area (Å²) in [6.07, 6.45) is 1.26. The minimum atomic E-state index is -3.84. The first kappa shape index (κ1) is 22.1. The van der Waals surface area contributed by atoms with Gasteiger partial charge in [0.2, 0.25) is 15.9 Å². The van der Waals surface area contributed by atoms with E-state index in [-0.39, 0.29) is 29.1 Å². The van der Waals surface area contributed by atoms with E-state index in [0.29, 0.717) is 25.1 Å². The normalized spacial score (nSPS) is 18.4. The zero-order chi connectivity index (χ0) is 21.7. The highest BCUT2D eigenvalue weighted by Crippen LogP contribution is 2.32. The Labute approximate surface area is 178 Å². The molecule has 0 aromatic heterocycles. The largest absolute Gasteiger partial charge is 0.497 e. The molecule has 8 heteroatoms. The number of methoxy groups -OCH3 is 2. The molecule has 30 heavy (non-hydrogen) atoms. The first-order valence-electron chi connectivity index (χ1n) is 9.94. The van der Waals surface area contributed by atoms with Gasteiger partial charge in [0.25, 0.3) is 0 Å². The number of benzene rings is 2. The van der Waals surface area contributed by atoms with E-state index in [4.69, 9.17) is 9.47 Å². The van der Waals surface area contributed by atoms with E-state index in [0.717, 1.165) is 5.56 Å². The Morgan fingerprint density at radius 3 is 2.53 bits per heavy atom. The van der Waals surface area contributed by atoms with Crippen LogP contribution in [0, 0.1) is 5.92 Å². The van der Waals surface area contributed by atoms with E-state index in [2.05, 4.69) is 5.32 Å². The third kappa shape index (κ3) is 4.76. The standard InChI is InChI=1S/C22H28N2O5S/c1-16(17-8-5-4-6-9-17)23-22(25)18-10-7-13-24(15-18)30(26,27)21-14-19(28-2)11-12-20(21)29-3/h4-6,8-9,11-12,14,16,18H,7,10,13,15H2,1-3H3,(H,23,25)/t16-,18+/m1/s1. The van der Waals surface area contributed by atoms with E-state index >= 15 is 0 Å². The second-order valence-corrected chi connectivity index (χ2v) is 9.27. The van der Waals surface area contributed by atoms with Crippen LogP contribution < -0.4 is 14.8 Å². The van der Waals surface area contributed by atoms with Crippen molar-refractivity contribution in [1.82, 2.24) is 9.62 Å². The van der Waals surface area contributed by atoms with Gasteiger partial charge in [-0.15, -0.1) is 0 Å². The van der Waals surface area contributed by atoms with Crippen LogP contribution in [0.25, 0.3) is 0 Å². The van der Waals surface area contributed by atoms with Crippen LogP contribution in [-0.4, -0.2) is 45.9 Å². The predicted molar refractivity (Wildman–Crippen MR) is 114 cm³/mol. The molecular formula is C22H28N2O5S. The number of carbonyl (C=O) groups is 1. The quantitative estimate of drug-likeness (QED) is 0.727. The van der Waals surface area contributed by atoms with Crippen LogP contribution in [0.4, 0.5) is 0 Å². The van der Waals surface area contributed by atoms with Gasteiger partial charge in [0.1, 0.15) is 16.4 Å². The molecule has 0 bridgehead atoms. The van der Waals surface area contributed by atoms with E-state index in [9.17, 15) is 13.2 Å². The molecule has 2 aromatic rings. The third-order valence-corrected chi connectivity index (χ3v) is 7.29. The number of nitrogens with zero attached hydrogens (tertiary/aromatic N) is 1. The van der Waals surface area contributed by atoms with Gasteiger partial charge < -0.3 is 14.8 Å². The summed E-state index contributed by atoms with van der Waals surface area (Å²) < 4.78 is 38.4. The van der Waals surface area contributed by atoms with Crippen molar-refractivity contribution in [3.63, 3.8) is 0 Å². The number of piperidine rings is 1. The molecule has 2 aromatic carbocycles. The lowest BCUT2D eigenvalue weighted by molar-refractivity contribution is -0.126. The fraction of sp³-hybridized carbons (Fsp3) is 0.409. The van der Waals surface area contributed by atoms with E-state index in [1.54, 1.807) is 12.1 Å². The SMILES string of the molecule is COc1ccc(OC)c(S(=O)(=O)N2CCC[C@H](C(=O)N[C@H](C)c3ccccc3)C2)c1. The van der Waals surface area contributed by atoms with E-state index in [1.807, 2.05) is 37.3 Å². The maximum absolute atomic E-state index is 13.3. The molecule has 1 saturated heterocycles. The highest BCUT2D eigenvalue weighted by atomic mass is 32.2. The summed E-state index contributed by atoms with van der Waals surface area (Å²) in [6.45, 7) is 2.42. The topological polar surface area (TPSA) is 84.9 Å². The minimum Gasteiger partial charge on any atom is -0.497 e. The zero-order valence-electron chi connectivity index (χ0n) is 17.5. The lowest BCUT2D eigenvalue weighted by Crippen LogP contribution is -2.45. The molecule has 0 saturated carbocycles. The highest BCUT2D eigenvalue weighted by molar-refractivity contribution is 7.89. The summed E-state index contributed by atoms with van der Waals surface area (Å²) >= 11 is 0. The summed E-state index contributed by atoms with van der Waals surface area (Å²) in [4.78, 5) is 12.9. The summed E-state index contributed by atoms with van der Waals surface area (Å²) in [7, 11) is -0.928. The lowest BCUT2D eigenvalue weighted by atomic mass is 9.98. The summed E-state index contributed by atoms with van der Waals surface area (Å²) in [6, 6.07) is 14.2. The molecule has 7 nitrogen and oxygen atoms in total. The highest BCUT2D eigenvalue weighted by Gasteiger charge is 2.35. The molecule has 0 radical (unpaired) electrons. The van der Waals surface area contributed by atoms with Gasteiger partial charge in [0, 0.05) is 19.2 Å². The third-order valence-electron chi connectivity index (χ3n) is 5.40. The van der Waals surface area contributed by atoms with Crippen LogP contribution in [0.1, 0.15) is 31.4 Å². The second kappa shape index (κ2) is 9.49. The molecule has 1 heterocycles. The second-order valence-electron chi connectivity index (χ2n) is 7.36. The van der Waals surface area contributed by atoms with Crippen molar-refractivity contribution in [3.05, 3.63) is 54.1 Å². The van der Waals surface area contributed by atoms with Crippen molar-refractivity contribution in [2.75, 3.05) is 27.3 Å². The van der Waals surface area contributed by atoms with Crippen LogP contribution >= 0.6 is 0 Å². The molecule has 1 aliphatic rings. The Morgan fingerprint density at radius 2 is 1.87 bits per heavy atom. The minimum absolute atomic E-state index is 0.0445. The number of carbonyl (C=O) groups excluding carboxylic acids is 1. The molecule has 1 amide bonds. The Kier molecular flexibility index (Phi) is 6.99. The number of sulfonamides is 1. The smallest absolute Gasteiger partial charge is 0.246 e. The number of hydrogen-bond acceptors (Lipinski definition) is 5. The average molecular weight is 433 g/mol. The van der Waals surface area contributed by atoms with E-state index < -0.39 is 15.9 Å². The lowest BCUT2D eigenvalue weighted by Gasteiger charge is -2.32. The Balaban J connectivity index is 1.76. The Bertz CT molecular complexity index is 978. The predicted octanol–water partition coefficient (Wildman–Crippen LogP) is 2.98. The van der Waals surface area contributed by atoms with Crippen molar-refractivity contribution in [2.24, 2.45) is 5.92 Å². The maximum atomic E-state index is 13.3. The Morgan fingerprint density at radius 1 is 1.13 bits per heavy atom. The number of rotatable bonds is 7. The van der Waals surface area contributed by atoms with Gasteiger partial charge >= 0.3 is 0 Å². The van der Waals surface area contributed by atoms with Gasteiger partial charge in [-0.05, 0) is 37.5 Å². The zero-order valence-corrected chi connectivity index (χ0v) is 18.3. The summed E-state index contributed by atoms with van der Waals surface area (Å²) in [5.74, 6) is 0.137. The molecule has 162 valence electrons. The van der Waals surface area contributed by atoms with Gasteiger partial charge in [0.05, 0.1) is 26.2 Å². The molecule has 0 aliphatic carbocycles. The molecule has 0 spiro atoms. The molecular weight excluding hydrogens is 404 g/mol. The van der Waals surface area contributed by atoms with E-state index in [1.165, 1.54) is 24.6 Å². The maximum Gasteiger partial charge on any atom is 0.246 e. The van der Waals surface area contributed by atoms with Crippen LogP contribution in [0.5, 0.6) is 11.5 Å². The number of nitrogens with one attached hydrogen (secondary N) is 1. The van der Waals surface area contributed by atoms with Gasteiger partial charge in [-0.3, -0.25) is 4.79 Å². The molecule has 1 fully saturated rings. The number of ether oxygens (including phenoxy) is 2. The van der Waals surface area contributed by atoms with Crippen molar-refractivity contribution >= 4 is 15.9 Å². The van der Waals surface area contributed by atoms with Crippen molar-refractivity contribution in [1.29, 1.82) is 0 Å². The summed E-state index contributed by atoms with van der Waals surface area (Å²) in [5.41, 5.74) is 1.01. The first-order chi connectivity index (χ1) is 14.4. The Hall–Kier alpha value is -2.58. The van der Waals surface area contributed by atoms with Gasteiger partial charge in [-0.1, -0.05) is 30.3 Å². The van der Waals surface area contributed by atoms with Crippen LogP contribution in [0.3, 0.4) is 0 Å². The molecule has 2 atom stereocenters. The van der Waals surface area contributed by atoms with Crippen molar-refractivity contribution in [3.8, 4) is 11.5 Å². The molecule has 0 unspecified atom stereocenters. The van der Waals surface area contributed by atoms with Crippen molar-refractivity contribution in [2.45, 2.75) is 30.7 Å². The van der Waals surface area contributed by atoms with Crippen LogP contribution in [0.2, 0.25) is 0 Å². The van der Waals surface area contributed by atoms with Crippen molar-refractivity contribution < 1.29 is 22.7 Å². The molecule has 3 rings (SSSR count). The summed E-state index contributed by atoms with van der Waals surface area (Å²) in [5, 5.41) is 3.01. The van der Waals surface area contributed by atoms with Gasteiger partial charge in [-0.2, -0.15) is 4.31 Å². The average Bonchev–Trinajstić information content (AvgIpc) is 2.79. The molecule has 1 aliphatic heterocycles.